The fraction of sp³-hybridized carbons (Fsp3) is 0.545. The molecule has 0 amide bonds. The van der Waals surface area contributed by atoms with Crippen LogP contribution in [0.3, 0.4) is 0 Å². The van der Waals surface area contributed by atoms with E-state index in [1.54, 1.807) is 6.92 Å². The number of anilines is 1. The van der Waals surface area contributed by atoms with Crippen molar-refractivity contribution in [2.24, 2.45) is 0 Å². The van der Waals surface area contributed by atoms with E-state index >= 15 is 0 Å². The number of aryl methyl sites for hydroxylation is 2. The average Bonchev–Trinajstić information content (AvgIpc) is 2.28. The Morgan fingerprint density at radius 2 is 1.88 bits per heavy atom. The van der Waals surface area contributed by atoms with Gasteiger partial charge in [-0.3, -0.25) is 4.79 Å². The summed E-state index contributed by atoms with van der Waals surface area (Å²) in [6.45, 7) is 5.58. The standard InChI is InChI=1S/C11H17N3O2/c1-4-8-6-9(5-2)14-11(13-8)12-7(3)10(15)16/h6-7H,4-5H2,1-3H3,(H,15,16)(H,12,13,14)/t7-/m1/s1. The molecule has 0 saturated heterocycles. The molecule has 1 aromatic rings. The molecule has 5 heteroatoms. The summed E-state index contributed by atoms with van der Waals surface area (Å²) < 4.78 is 0. The maximum atomic E-state index is 10.7. The summed E-state index contributed by atoms with van der Waals surface area (Å²) in [5, 5.41) is 11.5. The van der Waals surface area contributed by atoms with Gasteiger partial charge in [0, 0.05) is 11.4 Å². The lowest BCUT2D eigenvalue weighted by Gasteiger charge is -2.11. The van der Waals surface area contributed by atoms with Crippen LogP contribution in [0.2, 0.25) is 0 Å². The van der Waals surface area contributed by atoms with Crippen LogP contribution in [-0.4, -0.2) is 27.1 Å². The summed E-state index contributed by atoms with van der Waals surface area (Å²) in [7, 11) is 0. The molecule has 1 heterocycles. The van der Waals surface area contributed by atoms with Gasteiger partial charge in [0.05, 0.1) is 0 Å². The van der Waals surface area contributed by atoms with Gasteiger partial charge in [-0.05, 0) is 25.8 Å². The zero-order valence-electron chi connectivity index (χ0n) is 9.82. The predicted molar refractivity (Wildman–Crippen MR) is 61.5 cm³/mol. The molecule has 0 fully saturated rings. The number of carboxylic acid groups (broad SMARTS) is 1. The monoisotopic (exact) mass is 223 g/mol. The molecule has 16 heavy (non-hydrogen) atoms. The number of aromatic nitrogens is 2. The van der Waals surface area contributed by atoms with E-state index in [0.717, 1.165) is 24.2 Å². The van der Waals surface area contributed by atoms with E-state index in [1.807, 2.05) is 19.9 Å². The molecule has 0 unspecified atom stereocenters. The van der Waals surface area contributed by atoms with Gasteiger partial charge < -0.3 is 10.4 Å². The molecular weight excluding hydrogens is 206 g/mol. The van der Waals surface area contributed by atoms with Crippen LogP contribution in [0.15, 0.2) is 6.07 Å². The summed E-state index contributed by atoms with van der Waals surface area (Å²) in [6, 6.07) is 1.26. The molecule has 0 aliphatic rings. The van der Waals surface area contributed by atoms with Crippen LogP contribution >= 0.6 is 0 Å². The smallest absolute Gasteiger partial charge is 0.325 e. The number of nitrogens with one attached hydrogen (secondary N) is 1. The Balaban J connectivity index is 2.90. The zero-order valence-corrected chi connectivity index (χ0v) is 9.82. The predicted octanol–water partition coefficient (Wildman–Crippen LogP) is 1.49. The Morgan fingerprint density at radius 3 is 2.25 bits per heavy atom. The highest BCUT2D eigenvalue weighted by atomic mass is 16.4. The average molecular weight is 223 g/mol. The Morgan fingerprint density at radius 1 is 1.38 bits per heavy atom. The van der Waals surface area contributed by atoms with Crippen LogP contribution in [-0.2, 0) is 17.6 Å². The Bertz CT molecular complexity index is 357. The van der Waals surface area contributed by atoms with Crippen LogP contribution in [0.4, 0.5) is 5.95 Å². The summed E-state index contributed by atoms with van der Waals surface area (Å²) >= 11 is 0. The molecule has 2 N–H and O–H groups in total. The second-order valence-electron chi connectivity index (χ2n) is 3.59. The Hall–Kier alpha value is -1.65. The maximum absolute atomic E-state index is 10.7. The first-order valence-corrected chi connectivity index (χ1v) is 5.43. The Kier molecular flexibility index (Phi) is 4.22. The minimum atomic E-state index is -0.913. The summed E-state index contributed by atoms with van der Waals surface area (Å²) in [5.74, 6) is -0.519. The van der Waals surface area contributed by atoms with Crippen molar-refractivity contribution >= 4 is 11.9 Å². The second-order valence-corrected chi connectivity index (χ2v) is 3.59. The number of carboxylic acids is 1. The van der Waals surface area contributed by atoms with E-state index in [1.165, 1.54) is 0 Å². The molecule has 0 saturated carbocycles. The first kappa shape index (κ1) is 12.4. The molecule has 88 valence electrons. The summed E-state index contributed by atoms with van der Waals surface area (Å²) in [4.78, 5) is 19.2. The zero-order chi connectivity index (χ0) is 12.1. The van der Waals surface area contributed by atoms with E-state index in [4.69, 9.17) is 5.11 Å². The molecule has 1 atom stereocenters. The normalized spacial score (nSPS) is 12.2. The number of carbonyl (C=O) groups is 1. The van der Waals surface area contributed by atoms with Crippen LogP contribution in [0.25, 0.3) is 0 Å². The van der Waals surface area contributed by atoms with Crippen molar-refractivity contribution in [3.05, 3.63) is 17.5 Å². The molecule has 0 aliphatic carbocycles. The third kappa shape index (κ3) is 3.18. The van der Waals surface area contributed by atoms with Crippen molar-refractivity contribution in [3.8, 4) is 0 Å². The van der Waals surface area contributed by atoms with Gasteiger partial charge in [-0.15, -0.1) is 0 Å². The van der Waals surface area contributed by atoms with Crippen molar-refractivity contribution in [1.82, 2.24) is 9.97 Å². The summed E-state index contributed by atoms with van der Waals surface area (Å²) in [6.07, 6.45) is 1.62. The first-order chi connectivity index (χ1) is 7.56. The minimum Gasteiger partial charge on any atom is -0.480 e. The highest BCUT2D eigenvalue weighted by Crippen LogP contribution is 2.08. The third-order valence-corrected chi connectivity index (χ3v) is 2.27. The molecule has 0 aromatic carbocycles. The van der Waals surface area contributed by atoms with Crippen LogP contribution in [0.1, 0.15) is 32.2 Å². The molecule has 5 nitrogen and oxygen atoms in total. The molecule has 0 spiro atoms. The van der Waals surface area contributed by atoms with E-state index in [9.17, 15) is 4.79 Å². The number of hydrogen-bond donors (Lipinski definition) is 2. The van der Waals surface area contributed by atoms with Crippen LogP contribution in [0, 0.1) is 0 Å². The molecule has 0 radical (unpaired) electrons. The highest BCUT2D eigenvalue weighted by Gasteiger charge is 2.12. The number of nitrogens with zero attached hydrogens (tertiary/aromatic N) is 2. The van der Waals surface area contributed by atoms with E-state index in [2.05, 4.69) is 15.3 Å². The van der Waals surface area contributed by atoms with Crippen molar-refractivity contribution in [1.29, 1.82) is 0 Å². The van der Waals surface area contributed by atoms with Gasteiger partial charge in [0.2, 0.25) is 5.95 Å². The van der Waals surface area contributed by atoms with Crippen molar-refractivity contribution in [2.75, 3.05) is 5.32 Å². The molecule has 1 rings (SSSR count). The van der Waals surface area contributed by atoms with Crippen molar-refractivity contribution in [2.45, 2.75) is 39.7 Å². The van der Waals surface area contributed by atoms with E-state index < -0.39 is 12.0 Å². The quantitative estimate of drug-likeness (QED) is 0.791. The summed E-state index contributed by atoms with van der Waals surface area (Å²) in [5.41, 5.74) is 1.85. The lowest BCUT2D eigenvalue weighted by Crippen LogP contribution is -2.26. The van der Waals surface area contributed by atoms with E-state index in [-0.39, 0.29) is 0 Å². The maximum Gasteiger partial charge on any atom is 0.325 e. The van der Waals surface area contributed by atoms with Crippen molar-refractivity contribution < 1.29 is 9.90 Å². The Labute approximate surface area is 94.9 Å². The van der Waals surface area contributed by atoms with Crippen LogP contribution < -0.4 is 5.32 Å². The largest absolute Gasteiger partial charge is 0.480 e. The highest BCUT2D eigenvalue weighted by molar-refractivity contribution is 5.75. The molecular formula is C11H17N3O2. The van der Waals surface area contributed by atoms with Gasteiger partial charge in [-0.1, -0.05) is 13.8 Å². The minimum absolute atomic E-state index is 0.395. The fourth-order valence-electron chi connectivity index (χ4n) is 1.24. The third-order valence-electron chi connectivity index (χ3n) is 2.27. The lowest BCUT2D eigenvalue weighted by atomic mass is 10.2. The SMILES string of the molecule is CCc1cc(CC)nc(N[C@H](C)C(=O)O)n1. The molecule has 1 aromatic heterocycles. The van der Waals surface area contributed by atoms with Crippen LogP contribution in [0.5, 0.6) is 0 Å². The topological polar surface area (TPSA) is 75.1 Å². The van der Waals surface area contributed by atoms with Gasteiger partial charge in [0.1, 0.15) is 6.04 Å². The molecule has 0 aliphatic heterocycles. The van der Waals surface area contributed by atoms with E-state index in [0.29, 0.717) is 5.95 Å². The van der Waals surface area contributed by atoms with Gasteiger partial charge in [-0.2, -0.15) is 0 Å². The first-order valence-electron chi connectivity index (χ1n) is 5.43. The number of hydrogen-bond acceptors (Lipinski definition) is 4. The van der Waals surface area contributed by atoms with Crippen molar-refractivity contribution in [3.63, 3.8) is 0 Å². The van der Waals surface area contributed by atoms with Gasteiger partial charge in [0.15, 0.2) is 0 Å². The second kappa shape index (κ2) is 5.44. The van der Waals surface area contributed by atoms with Gasteiger partial charge in [0.25, 0.3) is 0 Å². The fourth-order valence-corrected chi connectivity index (χ4v) is 1.24. The van der Waals surface area contributed by atoms with Gasteiger partial charge in [-0.25, -0.2) is 9.97 Å². The number of aliphatic carboxylic acids is 1. The number of rotatable bonds is 5. The van der Waals surface area contributed by atoms with Gasteiger partial charge >= 0.3 is 5.97 Å². The lowest BCUT2D eigenvalue weighted by molar-refractivity contribution is -0.137. The molecule has 0 bridgehead atoms.